The van der Waals surface area contributed by atoms with Crippen LogP contribution in [0.15, 0.2) is 0 Å². The van der Waals surface area contributed by atoms with Crippen LogP contribution in [-0.4, -0.2) is 48.5 Å². The second-order valence-corrected chi connectivity index (χ2v) is 4.52. The van der Waals surface area contributed by atoms with Crippen molar-refractivity contribution < 1.29 is 14.3 Å². The highest BCUT2D eigenvalue weighted by atomic mass is 32.2. The number of rotatable bonds is 7. The number of thioether (sulfide) groups is 1. The molecule has 0 fully saturated rings. The van der Waals surface area contributed by atoms with E-state index in [1.807, 2.05) is 13.2 Å². The lowest BCUT2D eigenvalue weighted by atomic mass is 10.2. The lowest BCUT2D eigenvalue weighted by Gasteiger charge is -2.24. The SMILES string of the molecule is CCOC(=O)CCC(=O)N(C)C(C)CSC. The minimum atomic E-state index is -0.304. The molecule has 0 bridgehead atoms. The molecule has 5 heteroatoms. The van der Waals surface area contributed by atoms with Gasteiger partial charge in [0, 0.05) is 25.3 Å². The van der Waals surface area contributed by atoms with E-state index in [9.17, 15) is 9.59 Å². The van der Waals surface area contributed by atoms with Crippen molar-refractivity contribution in [3.63, 3.8) is 0 Å². The van der Waals surface area contributed by atoms with Crippen LogP contribution in [0.1, 0.15) is 26.7 Å². The number of hydrogen-bond donors (Lipinski definition) is 0. The highest BCUT2D eigenvalue weighted by Crippen LogP contribution is 2.06. The Bertz CT molecular complexity index is 233. The van der Waals surface area contributed by atoms with Gasteiger partial charge in [0.25, 0.3) is 0 Å². The van der Waals surface area contributed by atoms with Crippen LogP contribution in [0.2, 0.25) is 0 Å². The van der Waals surface area contributed by atoms with Gasteiger partial charge in [-0.15, -0.1) is 0 Å². The van der Waals surface area contributed by atoms with Gasteiger partial charge in [0.15, 0.2) is 0 Å². The molecule has 0 aliphatic heterocycles. The Hall–Kier alpha value is -0.710. The summed E-state index contributed by atoms with van der Waals surface area (Å²) >= 11 is 1.70. The fourth-order valence-corrected chi connectivity index (χ4v) is 1.92. The number of esters is 1. The van der Waals surface area contributed by atoms with Gasteiger partial charge >= 0.3 is 5.97 Å². The summed E-state index contributed by atoms with van der Waals surface area (Å²) in [6, 6.07) is 0.199. The van der Waals surface area contributed by atoms with Gasteiger partial charge in [-0.3, -0.25) is 9.59 Å². The monoisotopic (exact) mass is 247 g/mol. The van der Waals surface area contributed by atoms with Crippen molar-refractivity contribution in [3.05, 3.63) is 0 Å². The maximum Gasteiger partial charge on any atom is 0.306 e. The minimum Gasteiger partial charge on any atom is -0.466 e. The summed E-state index contributed by atoms with van der Waals surface area (Å²) in [7, 11) is 1.77. The molecule has 0 aromatic heterocycles. The second kappa shape index (κ2) is 8.44. The average Bonchev–Trinajstić information content (AvgIpc) is 2.25. The lowest BCUT2D eigenvalue weighted by molar-refractivity contribution is -0.145. The van der Waals surface area contributed by atoms with E-state index in [0.717, 1.165) is 5.75 Å². The quantitative estimate of drug-likeness (QED) is 0.640. The fraction of sp³-hybridized carbons (Fsp3) is 0.818. The van der Waals surface area contributed by atoms with E-state index in [4.69, 9.17) is 4.74 Å². The first kappa shape index (κ1) is 15.3. The standard InChI is InChI=1S/C11H21NO3S/c1-5-15-11(14)7-6-10(13)12(3)9(2)8-16-4/h9H,5-8H2,1-4H3. The third-order valence-corrected chi connectivity index (χ3v) is 3.13. The van der Waals surface area contributed by atoms with E-state index < -0.39 is 0 Å². The van der Waals surface area contributed by atoms with Crippen molar-refractivity contribution in [2.45, 2.75) is 32.7 Å². The zero-order valence-electron chi connectivity index (χ0n) is 10.5. The Morgan fingerprint density at radius 3 is 2.50 bits per heavy atom. The van der Waals surface area contributed by atoms with Gasteiger partial charge in [0.2, 0.25) is 5.91 Å². The van der Waals surface area contributed by atoms with Crippen molar-refractivity contribution in [1.82, 2.24) is 4.90 Å². The third kappa shape index (κ3) is 6.00. The Labute approximate surface area is 102 Å². The summed E-state index contributed by atoms with van der Waals surface area (Å²) in [5.41, 5.74) is 0. The summed E-state index contributed by atoms with van der Waals surface area (Å²) in [6.07, 6.45) is 2.41. The van der Waals surface area contributed by atoms with Gasteiger partial charge in [-0.1, -0.05) is 0 Å². The fourth-order valence-electron chi connectivity index (χ4n) is 1.22. The molecule has 1 amide bonds. The van der Waals surface area contributed by atoms with E-state index in [1.165, 1.54) is 0 Å². The van der Waals surface area contributed by atoms with Gasteiger partial charge in [0.1, 0.15) is 0 Å². The van der Waals surface area contributed by atoms with Crippen LogP contribution in [-0.2, 0) is 14.3 Å². The molecule has 94 valence electrons. The van der Waals surface area contributed by atoms with Crippen LogP contribution in [0, 0.1) is 0 Å². The van der Waals surface area contributed by atoms with Gasteiger partial charge in [-0.25, -0.2) is 0 Å². The zero-order valence-corrected chi connectivity index (χ0v) is 11.3. The Morgan fingerprint density at radius 1 is 1.38 bits per heavy atom. The number of carbonyl (C=O) groups excluding carboxylic acids is 2. The van der Waals surface area contributed by atoms with Crippen LogP contribution in [0.5, 0.6) is 0 Å². The maximum atomic E-state index is 11.7. The van der Waals surface area contributed by atoms with Gasteiger partial charge in [-0.05, 0) is 20.1 Å². The molecule has 0 spiro atoms. The summed E-state index contributed by atoms with van der Waals surface area (Å²) < 4.78 is 4.77. The first-order valence-electron chi connectivity index (χ1n) is 5.43. The maximum absolute atomic E-state index is 11.7. The zero-order chi connectivity index (χ0) is 12.6. The molecule has 1 atom stereocenters. The lowest BCUT2D eigenvalue weighted by Crippen LogP contribution is -2.36. The van der Waals surface area contributed by atoms with Crippen molar-refractivity contribution >= 4 is 23.6 Å². The van der Waals surface area contributed by atoms with E-state index in [2.05, 4.69) is 0 Å². The Balaban J connectivity index is 3.91. The molecule has 0 N–H and O–H groups in total. The van der Waals surface area contributed by atoms with Crippen molar-refractivity contribution in [2.24, 2.45) is 0 Å². The van der Waals surface area contributed by atoms with Crippen LogP contribution in [0.3, 0.4) is 0 Å². The molecule has 0 aromatic rings. The van der Waals surface area contributed by atoms with Gasteiger partial charge in [0.05, 0.1) is 13.0 Å². The number of carbonyl (C=O) groups is 2. The molecule has 0 heterocycles. The summed E-state index contributed by atoms with van der Waals surface area (Å²) in [4.78, 5) is 24.4. The number of ether oxygens (including phenoxy) is 1. The van der Waals surface area contributed by atoms with E-state index >= 15 is 0 Å². The topological polar surface area (TPSA) is 46.6 Å². The average molecular weight is 247 g/mol. The highest BCUT2D eigenvalue weighted by molar-refractivity contribution is 7.98. The number of nitrogens with zero attached hydrogens (tertiary/aromatic N) is 1. The van der Waals surface area contributed by atoms with Crippen molar-refractivity contribution in [3.8, 4) is 0 Å². The molecule has 0 aliphatic carbocycles. The normalized spacial score (nSPS) is 12.0. The van der Waals surface area contributed by atoms with Gasteiger partial charge in [-0.2, -0.15) is 11.8 Å². The second-order valence-electron chi connectivity index (χ2n) is 3.61. The molecule has 0 aliphatic rings. The molecular formula is C11H21NO3S. The molecule has 4 nitrogen and oxygen atoms in total. The molecule has 0 saturated heterocycles. The molecular weight excluding hydrogens is 226 g/mol. The van der Waals surface area contributed by atoms with Gasteiger partial charge < -0.3 is 9.64 Å². The molecule has 0 aromatic carbocycles. The molecule has 16 heavy (non-hydrogen) atoms. The van der Waals surface area contributed by atoms with Crippen LogP contribution < -0.4 is 0 Å². The van der Waals surface area contributed by atoms with E-state index in [1.54, 1.807) is 30.6 Å². The Morgan fingerprint density at radius 2 is 2.00 bits per heavy atom. The predicted molar refractivity (Wildman–Crippen MR) is 66.5 cm³/mol. The van der Waals surface area contributed by atoms with Crippen LogP contribution >= 0.6 is 11.8 Å². The smallest absolute Gasteiger partial charge is 0.306 e. The molecule has 0 saturated carbocycles. The number of hydrogen-bond acceptors (Lipinski definition) is 4. The first-order chi connectivity index (χ1) is 7.52. The highest BCUT2D eigenvalue weighted by Gasteiger charge is 2.16. The summed E-state index contributed by atoms with van der Waals surface area (Å²) in [5, 5.41) is 0. The van der Waals surface area contributed by atoms with E-state index in [-0.39, 0.29) is 30.8 Å². The van der Waals surface area contributed by atoms with E-state index in [0.29, 0.717) is 6.61 Å². The molecule has 0 radical (unpaired) electrons. The Kier molecular flexibility index (Phi) is 8.07. The van der Waals surface area contributed by atoms with Crippen LogP contribution in [0.25, 0.3) is 0 Å². The largest absolute Gasteiger partial charge is 0.466 e. The van der Waals surface area contributed by atoms with Crippen molar-refractivity contribution in [2.75, 3.05) is 25.7 Å². The summed E-state index contributed by atoms with van der Waals surface area (Å²) in [6.45, 7) is 4.12. The number of amides is 1. The minimum absolute atomic E-state index is 0.00500. The molecule has 1 unspecified atom stereocenters. The molecule has 0 rings (SSSR count). The van der Waals surface area contributed by atoms with Crippen LogP contribution in [0.4, 0.5) is 0 Å². The third-order valence-electron chi connectivity index (χ3n) is 2.31. The first-order valence-corrected chi connectivity index (χ1v) is 6.82. The van der Waals surface area contributed by atoms with Crippen molar-refractivity contribution in [1.29, 1.82) is 0 Å². The predicted octanol–water partition coefficient (Wildman–Crippen LogP) is 1.54. The summed E-state index contributed by atoms with van der Waals surface area (Å²) in [5.74, 6) is 0.595.